The Balaban J connectivity index is 2.13. The van der Waals surface area contributed by atoms with Crippen LogP contribution in [-0.2, 0) is 0 Å². The van der Waals surface area contributed by atoms with Gasteiger partial charge in [-0.15, -0.1) is 0 Å². The molecule has 1 heterocycles. The maximum Gasteiger partial charge on any atom is 0.290 e. The first-order valence-electron chi connectivity index (χ1n) is 6.70. The molecule has 0 radical (unpaired) electrons. The van der Waals surface area contributed by atoms with Crippen molar-refractivity contribution in [2.75, 3.05) is 13.2 Å². The molecule has 0 bridgehead atoms. The van der Waals surface area contributed by atoms with Gasteiger partial charge in [0.15, 0.2) is 5.76 Å². The number of hydrogen-bond acceptors (Lipinski definition) is 3. The second-order valence-electron chi connectivity index (χ2n) is 4.95. The summed E-state index contributed by atoms with van der Waals surface area (Å²) in [4.78, 5) is 14.2. The molecule has 1 N–H and O–H groups in total. The lowest BCUT2D eigenvalue weighted by Gasteiger charge is -2.33. The van der Waals surface area contributed by atoms with Crippen molar-refractivity contribution in [3.8, 4) is 0 Å². The van der Waals surface area contributed by atoms with Gasteiger partial charge in [0.1, 0.15) is 0 Å². The highest BCUT2D eigenvalue weighted by Gasteiger charge is 2.28. The van der Waals surface area contributed by atoms with E-state index < -0.39 is 0 Å². The molecule has 18 heavy (non-hydrogen) atoms. The summed E-state index contributed by atoms with van der Waals surface area (Å²) in [5, 5.41) is 9.16. The van der Waals surface area contributed by atoms with Crippen LogP contribution in [0.4, 0.5) is 0 Å². The highest BCUT2D eigenvalue weighted by Crippen LogP contribution is 2.24. The second-order valence-corrected chi connectivity index (χ2v) is 4.95. The highest BCUT2D eigenvalue weighted by atomic mass is 16.3. The van der Waals surface area contributed by atoms with Gasteiger partial charge in [-0.1, -0.05) is 19.3 Å². The van der Waals surface area contributed by atoms with E-state index in [0.29, 0.717) is 12.3 Å². The van der Waals surface area contributed by atoms with Crippen LogP contribution in [0.5, 0.6) is 0 Å². The molecule has 1 aliphatic carbocycles. The SMILES string of the molecule is Cc1ccoc1C(=O)N(CCO)C1CCCCC1. The number of aryl methyl sites for hydroxylation is 1. The Bertz CT molecular complexity index is 393. The van der Waals surface area contributed by atoms with Crippen molar-refractivity contribution in [3.05, 3.63) is 23.7 Å². The van der Waals surface area contributed by atoms with Crippen molar-refractivity contribution < 1.29 is 14.3 Å². The number of rotatable bonds is 4. The van der Waals surface area contributed by atoms with E-state index in [0.717, 1.165) is 31.2 Å². The zero-order valence-electron chi connectivity index (χ0n) is 10.9. The van der Waals surface area contributed by atoms with E-state index >= 15 is 0 Å². The number of carbonyl (C=O) groups is 1. The van der Waals surface area contributed by atoms with Crippen LogP contribution in [0.25, 0.3) is 0 Å². The van der Waals surface area contributed by atoms with Crippen molar-refractivity contribution in [3.63, 3.8) is 0 Å². The highest BCUT2D eigenvalue weighted by molar-refractivity contribution is 5.93. The van der Waals surface area contributed by atoms with Crippen LogP contribution in [0, 0.1) is 6.92 Å². The molecule has 1 fully saturated rings. The molecular weight excluding hydrogens is 230 g/mol. The summed E-state index contributed by atoms with van der Waals surface area (Å²) in [5.74, 6) is 0.326. The third kappa shape index (κ3) is 2.75. The Morgan fingerprint density at radius 1 is 1.44 bits per heavy atom. The van der Waals surface area contributed by atoms with Gasteiger partial charge in [0, 0.05) is 18.2 Å². The summed E-state index contributed by atoms with van der Waals surface area (Å²) in [7, 11) is 0. The summed E-state index contributed by atoms with van der Waals surface area (Å²) < 4.78 is 5.27. The molecule has 0 unspecified atom stereocenters. The van der Waals surface area contributed by atoms with Gasteiger partial charge in [-0.2, -0.15) is 0 Å². The molecule has 0 aromatic carbocycles. The minimum Gasteiger partial charge on any atom is -0.459 e. The van der Waals surface area contributed by atoms with E-state index in [1.165, 1.54) is 6.42 Å². The van der Waals surface area contributed by atoms with E-state index in [2.05, 4.69) is 0 Å². The van der Waals surface area contributed by atoms with Crippen molar-refractivity contribution in [2.24, 2.45) is 0 Å². The van der Waals surface area contributed by atoms with Gasteiger partial charge >= 0.3 is 0 Å². The van der Waals surface area contributed by atoms with Gasteiger partial charge in [0.25, 0.3) is 5.91 Å². The fourth-order valence-electron chi connectivity index (χ4n) is 2.67. The molecule has 0 spiro atoms. The lowest BCUT2D eigenvalue weighted by Crippen LogP contribution is -2.43. The van der Waals surface area contributed by atoms with Gasteiger partial charge in [0.2, 0.25) is 0 Å². The maximum absolute atomic E-state index is 12.4. The van der Waals surface area contributed by atoms with Crippen LogP contribution in [0.2, 0.25) is 0 Å². The van der Waals surface area contributed by atoms with Crippen LogP contribution >= 0.6 is 0 Å². The molecule has 1 aliphatic rings. The summed E-state index contributed by atoms with van der Waals surface area (Å²) in [6.07, 6.45) is 7.18. The first-order valence-corrected chi connectivity index (χ1v) is 6.70. The van der Waals surface area contributed by atoms with Gasteiger partial charge in [-0.3, -0.25) is 4.79 Å². The standard InChI is InChI=1S/C14H21NO3/c1-11-7-10-18-13(11)14(17)15(8-9-16)12-5-3-2-4-6-12/h7,10,12,16H,2-6,8-9H2,1H3. The van der Waals surface area contributed by atoms with Gasteiger partial charge < -0.3 is 14.4 Å². The Labute approximate surface area is 108 Å². The van der Waals surface area contributed by atoms with Crippen LogP contribution in [-0.4, -0.2) is 35.1 Å². The normalized spacial score (nSPS) is 16.8. The topological polar surface area (TPSA) is 53.7 Å². The molecule has 1 aromatic heterocycles. The number of furan rings is 1. The Morgan fingerprint density at radius 2 is 2.17 bits per heavy atom. The van der Waals surface area contributed by atoms with Gasteiger partial charge in [0.05, 0.1) is 12.9 Å². The number of amides is 1. The quantitative estimate of drug-likeness (QED) is 0.893. The first-order chi connectivity index (χ1) is 8.74. The Hall–Kier alpha value is -1.29. The number of nitrogens with zero attached hydrogens (tertiary/aromatic N) is 1. The molecule has 4 nitrogen and oxygen atoms in total. The lowest BCUT2D eigenvalue weighted by atomic mass is 9.94. The third-order valence-corrected chi connectivity index (χ3v) is 3.67. The van der Waals surface area contributed by atoms with Crippen molar-refractivity contribution in [1.82, 2.24) is 4.90 Å². The molecule has 4 heteroatoms. The van der Waals surface area contributed by atoms with Gasteiger partial charge in [-0.25, -0.2) is 0 Å². The molecule has 100 valence electrons. The smallest absolute Gasteiger partial charge is 0.290 e. The average Bonchev–Trinajstić information content (AvgIpc) is 2.82. The number of aliphatic hydroxyl groups excluding tert-OH is 1. The Morgan fingerprint density at radius 3 is 2.72 bits per heavy atom. The molecule has 0 saturated heterocycles. The second kappa shape index (κ2) is 6.05. The van der Waals surface area contributed by atoms with Crippen LogP contribution in [0.15, 0.2) is 16.7 Å². The van der Waals surface area contributed by atoms with Crippen molar-refractivity contribution in [1.29, 1.82) is 0 Å². The number of aliphatic hydroxyl groups is 1. The summed E-state index contributed by atoms with van der Waals surface area (Å²) in [6.45, 7) is 2.26. The predicted molar refractivity (Wildman–Crippen MR) is 68.4 cm³/mol. The molecule has 1 amide bonds. The third-order valence-electron chi connectivity index (χ3n) is 3.67. The van der Waals surface area contributed by atoms with Crippen molar-refractivity contribution in [2.45, 2.75) is 45.1 Å². The number of carbonyl (C=O) groups excluding carboxylic acids is 1. The lowest BCUT2D eigenvalue weighted by molar-refractivity contribution is 0.0553. The zero-order valence-corrected chi connectivity index (χ0v) is 10.9. The molecule has 0 atom stereocenters. The van der Waals surface area contributed by atoms with Crippen molar-refractivity contribution >= 4 is 5.91 Å². The molecule has 1 saturated carbocycles. The van der Waals surface area contributed by atoms with E-state index in [1.807, 2.05) is 6.92 Å². The molecule has 1 aromatic rings. The first kappa shape index (κ1) is 13.1. The Kier molecular flexibility index (Phi) is 4.42. The fraction of sp³-hybridized carbons (Fsp3) is 0.643. The monoisotopic (exact) mass is 251 g/mol. The van der Waals surface area contributed by atoms with Crippen LogP contribution < -0.4 is 0 Å². The largest absolute Gasteiger partial charge is 0.459 e. The molecule has 0 aliphatic heterocycles. The molecule has 2 rings (SSSR count). The summed E-state index contributed by atoms with van der Waals surface area (Å²) in [5.41, 5.74) is 0.860. The zero-order chi connectivity index (χ0) is 13.0. The predicted octanol–water partition coefficient (Wildman–Crippen LogP) is 2.36. The summed E-state index contributed by atoms with van der Waals surface area (Å²) >= 11 is 0. The average molecular weight is 251 g/mol. The molecular formula is C14H21NO3. The summed E-state index contributed by atoms with van der Waals surface area (Å²) in [6, 6.07) is 2.05. The van der Waals surface area contributed by atoms with Gasteiger partial charge in [-0.05, 0) is 25.8 Å². The minimum absolute atomic E-state index is 0.00198. The minimum atomic E-state index is -0.0848. The van der Waals surface area contributed by atoms with E-state index in [9.17, 15) is 4.79 Å². The fourth-order valence-corrected chi connectivity index (χ4v) is 2.67. The van der Waals surface area contributed by atoms with E-state index in [-0.39, 0.29) is 18.6 Å². The van der Waals surface area contributed by atoms with E-state index in [1.54, 1.807) is 17.2 Å². The van der Waals surface area contributed by atoms with Crippen LogP contribution in [0.1, 0.15) is 48.2 Å². The number of hydrogen-bond donors (Lipinski definition) is 1. The van der Waals surface area contributed by atoms with E-state index in [4.69, 9.17) is 9.52 Å². The maximum atomic E-state index is 12.4. The van der Waals surface area contributed by atoms with Crippen LogP contribution in [0.3, 0.4) is 0 Å².